The predicted octanol–water partition coefficient (Wildman–Crippen LogP) is 11.2. The van der Waals surface area contributed by atoms with E-state index in [4.69, 9.17) is 14.4 Å². The maximum Gasteiger partial charge on any atom is 0.163 e. The first kappa shape index (κ1) is 24.6. The number of nitrogens with zero attached hydrogens (tertiary/aromatic N) is 3. The maximum absolute atomic E-state index is 6.62. The highest BCUT2D eigenvalue weighted by molar-refractivity contribution is 7.25. The van der Waals surface area contributed by atoms with Crippen LogP contribution in [0.2, 0.25) is 0 Å². The molecule has 4 aromatic heterocycles. The molecule has 4 heterocycles. The molecule has 0 unspecified atom stereocenters. The SMILES string of the molecule is c1ccc(-c2nc(-c3ccccc3-n3c4ccccc4c4ccc5c6ccccc6oc5c43)nc3sc4ccccc4c23)cc1. The van der Waals surface area contributed by atoms with E-state index in [1.807, 2.05) is 18.2 Å². The number of hydrogen-bond donors (Lipinski definition) is 0. The third-order valence-corrected chi connectivity index (χ3v) is 9.92. The van der Waals surface area contributed by atoms with Gasteiger partial charge < -0.3 is 8.98 Å². The number of thiophene rings is 1. The molecule has 10 rings (SSSR count). The summed E-state index contributed by atoms with van der Waals surface area (Å²) >= 11 is 1.72. The highest BCUT2D eigenvalue weighted by Crippen LogP contribution is 2.43. The molecule has 0 aliphatic carbocycles. The molecular formula is C40H23N3OS. The summed E-state index contributed by atoms with van der Waals surface area (Å²) in [7, 11) is 0. The van der Waals surface area contributed by atoms with Crippen molar-refractivity contribution in [1.82, 2.24) is 14.5 Å². The number of hydrogen-bond acceptors (Lipinski definition) is 4. The third-order valence-electron chi connectivity index (χ3n) is 8.85. The Morgan fingerprint density at radius 3 is 2.18 bits per heavy atom. The lowest BCUT2D eigenvalue weighted by Gasteiger charge is -2.14. The number of benzene rings is 6. The van der Waals surface area contributed by atoms with Crippen LogP contribution in [0.15, 0.2) is 144 Å². The van der Waals surface area contributed by atoms with E-state index < -0.39 is 0 Å². The Labute approximate surface area is 261 Å². The molecule has 0 aliphatic rings. The number of para-hydroxylation sites is 3. The molecule has 0 saturated heterocycles. The zero-order valence-corrected chi connectivity index (χ0v) is 24.8. The minimum absolute atomic E-state index is 0.700. The summed E-state index contributed by atoms with van der Waals surface area (Å²) in [6.45, 7) is 0. The Morgan fingerprint density at radius 2 is 1.27 bits per heavy atom. The molecule has 0 bridgehead atoms. The van der Waals surface area contributed by atoms with E-state index in [1.165, 1.54) is 15.5 Å². The van der Waals surface area contributed by atoms with E-state index in [-0.39, 0.29) is 0 Å². The van der Waals surface area contributed by atoms with Crippen molar-refractivity contribution in [3.8, 4) is 28.3 Å². The minimum atomic E-state index is 0.700. The van der Waals surface area contributed by atoms with Crippen molar-refractivity contribution in [2.45, 2.75) is 0 Å². The normalized spacial score (nSPS) is 12.0. The van der Waals surface area contributed by atoms with E-state index in [2.05, 4.69) is 126 Å². The van der Waals surface area contributed by atoms with Crippen LogP contribution in [0.4, 0.5) is 0 Å². The van der Waals surface area contributed by atoms with Crippen LogP contribution in [-0.4, -0.2) is 14.5 Å². The Bertz CT molecular complexity index is 2770. The summed E-state index contributed by atoms with van der Waals surface area (Å²) in [5.74, 6) is 0.700. The van der Waals surface area contributed by atoms with Crippen molar-refractivity contribution < 1.29 is 4.42 Å². The summed E-state index contributed by atoms with van der Waals surface area (Å²) in [4.78, 5) is 11.6. The van der Waals surface area contributed by atoms with Gasteiger partial charge in [0.2, 0.25) is 0 Å². The second-order valence-corrected chi connectivity index (χ2v) is 12.4. The van der Waals surface area contributed by atoms with Crippen LogP contribution in [0.1, 0.15) is 0 Å². The first-order valence-electron chi connectivity index (χ1n) is 15.0. The van der Waals surface area contributed by atoms with Crippen molar-refractivity contribution in [3.05, 3.63) is 140 Å². The van der Waals surface area contributed by atoms with Crippen molar-refractivity contribution in [1.29, 1.82) is 0 Å². The average Bonchev–Trinajstić information content (AvgIpc) is 3.78. The topological polar surface area (TPSA) is 43.9 Å². The van der Waals surface area contributed by atoms with Gasteiger partial charge in [-0.05, 0) is 36.4 Å². The fourth-order valence-electron chi connectivity index (χ4n) is 6.89. The van der Waals surface area contributed by atoms with E-state index in [0.717, 1.165) is 71.1 Å². The predicted molar refractivity (Wildman–Crippen MR) is 187 cm³/mol. The Balaban J connectivity index is 1.33. The van der Waals surface area contributed by atoms with Gasteiger partial charge in [0.15, 0.2) is 11.4 Å². The molecule has 0 spiro atoms. The van der Waals surface area contributed by atoms with Crippen LogP contribution < -0.4 is 0 Å². The molecule has 0 fully saturated rings. The van der Waals surface area contributed by atoms with E-state index in [1.54, 1.807) is 11.3 Å². The van der Waals surface area contributed by atoms with Crippen LogP contribution in [0.3, 0.4) is 0 Å². The van der Waals surface area contributed by atoms with Crippen molar-refractivity contribution in [2.24, 2.45) is 0 Å². The second kappa shape index (κ2) is 9.36. The molecule has 0 aliphatic heterocycles. The molecule has 210 valence electrons. The monoisotopic (exact) mass is 593 g/mol. The molecule has 0 amide bonds. The number of fused-ring (bicyclic) bond motifs is 10. The third kappa shape index (κ3) is 3.53. The van der Waals surface area contributed by atoms with Gasteiger partial charge >= 0.3 is 0 Å². The van der Waals surface area contributed by atoms with Gasteiger partial charge in [-0.15, -0.1) is 11.3 Å². The molecule has 10 aromatic rings. The Kier molecular flexibility index (Phi) is 5.12. The fourth-order valence-corrected chi connectivity index (χ4v) is 7.96. The lowest BCUT2D eigenvalue weighted by molar-refractivity contribution is 0.671. The van der Waals surface area contributed by atoms with Gasteiger partial charge in [0.1, 0.15) is 10.4 Å². The second-order valence-electron chi connectivity index (χ2n) is 11.3. The van der Waals surface area contributed by atoms with Gasteiger partial charge in [-0.2, -0.15) is 0 Å². The summed E-state index contributed by atoms with van der Waals surface area (Å²) in [5, 5.41) is 6.84. The quantitative estimate of drug-likeness (QED) is 0.205. The lowest BCUT2D eigenvalue weighted by atomic mass is 10.1. The largest absolute Gasteiger partial charge is 0.454 e. The molecule has 6 aromatic carbocycles. The molecule has 4 nitrogen and oxygen atoms in total. The van der Waals surface area contributed by atoms with Crippen LogP contribution in [0, 0.1) is 0 Å². The standard InChI is InChI=1S/C40H23N3OS/c1-2-12-24(13-3-1)36-35-30-17-7-11-21-34(30)45-40(35)42-39(41-36)29-16-5-9-19-32(29)43-31-18-8-4-14-25(31)27-22-23-28-26-15-6-10-20-33(26)44-38(28)37(27)43/h1-23H. The van der Waals surface area contributed by atoms with Gasteiger partial charge in [0.25, 0.3) is 0 Å². The zero-order chi connectivity index (χ0) is 29.5. The highest BCUT2D eigenvalue weighted by atomic mass is 32.1. The van der Waals surface area contributed by atoms with E-state index >= 15 is 0 Å². The lowest BCUT2D eigenvalue weighted by Crippen LogP contribution is -2.00. The Hall–Kier alpha value is -5.78. The summed E-state index contributed by atoms with van der Waals surface area (Å²) in [6, 6.07) is 48.7. The van der Waals surface area contributed by atoms with Crippen LogP contribution in [0.25, 0.3) is 92.4 Å². The smallest absolute Gasteiger partial charge is 0.163 e. The minimum Gasteiger partial charge on any atom is -0.454 e. The van der Waals surface area contributed by atoms with Crippen LogP contribution >= 0.6 is 11.3 Å². The molecule has 0 N–H and O–H groups in total. The Morgan fingerprint density at radius 1 is 0.556 bits per heavy atom. The zero-order valence-electron chi connectivity index (χ0n) is 23.9. The molecular weight excluding hydrogens is 571 g/mol. The van der Waals surface area contributed by atoms with Crippen LogP contribution in [-0.2, 0) is 0 Å². The van der Waals surface area contributed by atoms with Crippen molar-refractivity contribution >= 4 is 75.4 Å². The molecule has 0 saturated carbocycles. The van der Waals surface area contributed by atoms with Crippen molar-refractivity contribution in [3.63, 3.8) is 0 Å². The number of rotatable bonds is 3. The fraction of sp³-hybridized carbons (Fsp3) is 0. The van der Waals surface area contributed by atoms with E-state index in [9.17, 15) is 0 Å². The molecule has 0 atom stereocenters. The van der Waals surface area contributed by atoms with Crippen molar-refractivity contribution in [2.75, 3.05) is 0 Å². The maximum atomic E-state index is 6.62. The molecule has 0 radical (unpaired) electrons. The highest BCUT2D eigenvalue weighted by Gasteiger charge is 2.23. The van der Waals surface area contributed by atoms with Gasteiger partial charge in [-0.25, -0.2) is 9.97 Å². The molecule has 5 heteroatoms. The van der Waals surface area contributed by atoms with Gasteiger partial charge in [0, 0.05) is 48.1 Å². The van der Waals surface area contributed by atoms with E-state index in [0.29, 0.717) is 5.82 Å². The van der Waals surface area contributed by atoms with Gasteiger partial charge in [-0.1, -0.05) is 103 Å². The summed E-state index contributed by atoms with van der Waals surface area (Å²) in [6.07, 6.45) is 0. The van der Waals surface area contributed by atoms with Gasteiger partial charge in [-0.3, -0.25) is 0 Å². The number of aromatic nitrogens is 3. The van der Waals surface area contributed by atoms with Gasteiger partial charge in [0.05, 0.1) is 22.4 Å². The van der Waals surface area contributed by atoms with Crippen LogP contribution in [0.5, 0.6) is 0 Å². The summed E-state index contributed by atoms with van der Waals surface area (Å²) < 4.78 is 10.2. The molecule has 45 heavy (non-hydrogen) atoms. The number of furan rings is 1. The first-order chi connectivity index (χ1) is 22.3. The summed E-state index contributed by atoms with van der Waals surface area (Å²) in [5.41, 5.74) is 7.92. The average molecular weight is 594 g/mol. The first-order valence-corrected chi connectivity index (χ1v) is 15.8.